The highest BCUT2D eigenvalue weighted by Gasteiger charge is 2.25. The Morgan fingerprint density at radius 2 is 1.54 bits per heavy atom. The fourth-order valence-electron chi connectivity index (χ4n) is 3.16. The van der Waals surface area contributed by atoms with Crippen molar-refractivity contribution >= 4 is 34.6 Å². The molecule has 5 N–H and O–H groups in total. The van der Waals surface area contributed by atoms with Gasteiger partial charge in [-0.15, -0.1) is 0 Å². The number of fused-ring (bicyclic) bond motifs is 1. The van der Waals surface area contributed by atoms with Gasteiger partial charge in [-0.2, -0.15) is 9.97 Å². The molecule has 1 aliphatic rings. The molecule has 0 radical (unpaired) electrons. The SMILES string of the molecule is CCCNc1nc(NC)nc2c(N[C@H]3CCCC[C@H]3O)nc(NC)nc12. The number of nitrogens with one attached hydrogen (secondary N) is 4. The average molecular weight is 360 g/mol. The highest BCUT2D eigenvalue weighted by molar-refractivity contribution is 5.94. The first kappa shape index (κ1) is 18.4. The zero-order chi connectivity index (χ0) is 18.5. The lowest BCUT2D eigenvalue weighted by Crippen LogP contribution is -2.36. The molecule has 1 fully saturated rings. The van der Waals surface area contributed by atoms with E-state index in [4.69, 9.17) is 0 Å². The van der Waals surface area contributed by atoms with Gasteiger partial charge in [0.25, 0.3) is 0 Å². The number of anilines is 4. The van der Waals surface area contributed by atoms with E-state index in [0.717, 1.165) is 38.6 Å². The molecule has 2 heterocycles. The fraction of sp³-hybridized carbons (Fsp3) is 0.647. The maximum absolute atomic E-state index is 10.3. The Morgan fingerprint density at radius 1 is 0.923 bits per heavy atom. The first-order valence-electron chi connectivity index (χ1n) is 9.30. The predicted molar refractivity (Wildman–Crippen MR) is 105 cm³/mol. The van der Waals surface area contributed by atoms with E-state index in [2.05, 4.69) is 48.1 Å². The van der Waals surface area contributed by atoms with E-state index in [1.54, 1.807) is 14.1 Å². The predicted octanol–water partition coefficient (Wildman–Crippen LogP) is 2.04. The Kier molecular flexibility index (Phi) is 5.87. The van der Waals surface area contributed by atoms with Gasteiger partial charge in [0.05, 0.1) is 12.1 Å². The van der Waals surface area contributed by atoms with Gasteiger partial charge in [0.1, 0.15) is 11.0 Å². The Morgan fingerprint density at radius 3 is 2.15 bits per heavy atom. The van der Waals surface area contributed by atoms with Crippen molar-refractivity contribution in [2.24, 2.45) is 0 Å². The summed E-state index contributed by atoms with van der Waals surface area (Å²) < 4.78 is 0. The summed E-state index contributed by atoms with van der Waals surface area (Å²) in [7, 11) is 3.56. The second kappa shape index (κ2) is 8.31. The third kappa shape index (κ3) is 3.87. The van der Waals surface area contributed by atoms with Crippen molar-refractivity contribution in [1.82, 2.24) is 19.9 Å². The minimum atomic E-state index is -0.380. The highest BCUT2D eigenvalue weighted by Crippen LogP contribution is 2.29. The Bertz CT molecular complexity index is 753. The van der Waals surface area contributed by atoms with E-state index in [9.17, 15) is 5.11 Å². The van der Waals surface area contributed by atoms with Crippen molar-refractivity contribution in [1.29, 1.82) is 0 Å². The van der Waals surface area contributed by atoms with Gasteiger partial charge in [-0.05, 0) is 19.3 Å². The van der Waals surface area contributed by atoms with Crippen LogP contribution in [-0.4, -0.2) is 57.8 Å². The zero-order valence-electron chi connectivity index (χ0n) is 15.6. The van der Waals surface area contributed by atoms with Gasteiger partial charge in [0.2, 0.25) is 11.9 Å². The number of hydrogen-bond donors (Lipinski definition) is 5. The van der Waals surface area contributed by atoms with Crippen molar-refractivity contribution < 1.29 is 5.11 Å². The summed E-state index contributed by atoms with van der Waals surface area (Å²) in [5, 5.41) is 23.0. The second-order valence-corrected chi connectivity index (χ2v) is 6.52. The minimum absolute atomic E-state index is 0.0355. The molecule has 0 aromatic carbocycles. The Balaban J connectivity index is 2.07. The topological polar surface area (TPSA) is 120 Å². The van der Waals surface area contributed by atoms with Crippen LogP contribution >= 0.6 is 0 Å². The summed E-state index contributed by atoms with van der Waals surface area (Å²) in [6.07, 6.45) is 4.46. The third-order valence-electron chi connectivity index (χ3n) is 4.58. The van der Waals surface area contributed by atoms with Gasteiger partial charge in [-0.3, -0.25) is 0 Å². The van der Waals surface area contributed by atoms with Gasteiger partial charge in [-0.25, -0.2) is 9.97 Å². The molecule has 2 atom stereocenters. The molecule has 142 valence electrons. The molecule has 1 saturated carbocycles. The summed E-state index contributed by atoms with van der Waals surface area (Å²) in [6, 6.07) is -0.0355. The van der Waals surface area contributed by atoms with Crippen LogP contribution in [0.4, 0.5) is 23.5 Å². The van der Waals surface area contributed by atoms with E-state index in [0.29, 0.717) is 34.6 Å². The van der Waals surface area contributed by atoms with Crippen LogP contribution in [-0.2, 0) is 0 Å². The summed E-state index contributed by atoms with van der Waals surface area (Å²) in [5.74, 6) is 2.28. The molecule has 3 rings (SSSR count). The van der Waals surface area contributed by atoms with E-state index < -0.39 is 0 Å². The maximum atomic E-state index is 10.3. The molecule has 0 saturated heterocycles. The van der Waals surface area contributed by atoms with E-state index in [-0.39, 0.29) is 12.1 Å². The molecule has 0 amide bonds. The van der Waals surface area contributed by atoms with Crippen LogP contribution in [0.15, 0.2) is 0 Å². The quantitative estimate of drug-likeness (QED) is 0.505. The van der Waals surface area contributed by atoms with E-state index >= 15 is 0 Å². The molecule has 9 nitrogen and oxygen atoms in total. The first-order valence-corrected chi connectivity index (χ1v) is 9.30. The molecular weight excluding hydrogens is 332 g/mol. The van der Waals surface area contributed by atoms with Crippen LogP contribution in [0.25, 0.3) is 11.0 Å². The van der Waals surface area contributed by atoms with Crippen molar-refractivity contribution in [3.8, 4) is 0 Å². The molecule has 2 aromatic heterocycles. The van der Waals surface area contributed by atoms with Crippen LogP contribution in [0.2, 0.25) is 0 Å². The summed E-state index contributed by atoms with van der Waals surface area (Å²) in [5.41, 5.74) is 1.30. The summed E-state index contributed by atoms with van der Waals surface area (Å²) >= 11 is 0. The van der Waals surface area contributed by atoms with E-state index in [1.165, 1.54) is 0 Å². The smallest absolute Gasteiger partial charge is 0.225 e. The van der Waals surface area contributed by atoms with Crippen LogP contribution in [0, 0.1) is 0 Å². The number of aliphatic hydroxyl groups excluding tert-OH is 1. The first-order chi connectivity index (χ1) is 12.7. The summed E-state index contributed by atoms with van der Waals surface area (Å²) in [6.45, 7) is 2.89. The van der Waals surface area contributed by atoms with Crippen LogP contribution in [0.1, 0.15) is 39.0 Å². The average Bonchev–Trinajstić information content (AvgIpc) is 2.67. The second-order valence-electron chi connectivity index (χ2n) is 6.52. The number of aromatic nitrogens is 4. The molecule has 0 bridgehead atoms. The Labute approximate surface area is 153 Å². The van der Waals surface area contributed by atoms with Gasteiger partial charge < -0.3 is 26.4 Å². The van der Waals surface area contributed by atoms with Gasteiger partial charge >= 0.3 is 0 Å². The molecule has 0 unspecified atom stereocenters. The van der Waals surface area contributed by atoms with Gasteiger partial charge in [0.15, 0.2) is 11.6 Å². The summed E-state index contributed by atoms with van der Waals surface area (Å²) in [4.78, 5) is 18.2. The van der Waals surface area contributed by atoms with Gasteiger partial charge in [-0.1, -0.05) is 19.8 Å². The molecule has 1 aliphatic carbocycles. The molecule has 0 spiro atoms. The lowest BCUT2D eigenvalue weighted by atomic mass is 9.92. The minimum Gasteiger partial charge on any atom is -0.391 e. The molecule has 0 aliphatic heterocycles. The zero-order valence-corrected chi connectivity index (χ0v) is 15.6. The maximum Gasteiger partial charge on any atom is 0.225 e. The number of aliphatic hydroxyl groups is 1. The monoisotopic (exact) mass is 360 g/mol. The van der Waals surface area contributed by atoms with Crippen molar-refractivity contribution in [2.45, 2.75) is 51.2 Å². The van der Waals surface area contributed by atoms with Crippen molar-refractivity contribution in [3.63, 3.8) is 0 Å². The molecule has 9 heteroatoms. The standard InChI is InChI=1S/C17H28N8O/c1-4-9-20-14-12-13(23-16(18-2)24-14)15(25-17(19-3)22-12)21-10-7-5-6-8-11(10)26/h10-11,26H,4-9H2,1-3H3,(H2,18,20,23,24)(H2,19,21,22,25)/t10-,11+/m0/s1. The number of nitrogens with zero attached hydrogens (tertiary/aromatic N) is 4. The lowest BCUT2D eigenvalue weighted by Gasteiger charge is -2.29. The molecule has 26 heavy (non-hydrogen) atoms. The Hall–Kier alpha value is -2.42. The van der Waals surface area contributed by atoms with Crippen molar-refractivity contribution in [2.75, 3.05) is 41.9 Å². The normalized spacial score (nSPS) is 20.0. The molecular formula is C17H28N8O. The molecule has 2 aromatic rings. The third-order valence-corrected chi connectivity index (χ3v) is 4.58. The van der Waals surface area contributed by atoms with Crippen LogP contribution in [0.3, 0.4) is 0 Å². The van der Waals surface area contributed by atoms with Crippen LogP contribution < -0.4 is 21.3 Å². The van der Waals surface area contributed by atoms with Gasteiger partial charge in [0, 0.05) is 20.6 Å². The lowest BCUT2D eigenvalue weighted by molar-refractivity contribution is 0.116. The van der Waals surface area contributed by atoms with Crippen molar-refractivity contribution in [3.05, 3.63) is 0 Å². The number of hydrogen-bond acceptors (Lipinski definition) is 9. The van der Waals surface area contributed by atoms with E-state index in [1.807, 2.05) is 0 Å². The fourth-order valence-corrected chi connectivity index (χ4v) is 3.16. The number of rotatable bonds is 7. The highest BCUT2D eigenvalue weighted by atomic mass is 16.3. The van der Waals surface area contributed by atoms with Crippen LogP contribution in [0.5, 0.6) is 0 Å². The largest absolute Gasteiger partial charge is 0.391 e.